The summed E-state index contributed by atoms with van der Waals surface area (Å²) in [7, 11) is 0. The van der Waals surface area contributed by atoms with Crippen molar-refractivity contribution in [2.75, 3.05) is 13.1 Å². The zero-order valence-corrected chi connectivity index (χ0v) is 11.5. The number of allylic oxidation sites excluding steroid dienone is 5. The first-order valence-corrected chi connectivity index (χ1v) is 6.39. The highest BCUT2D eigenvalue weighted by Gasteiger charge is 2.17. The van der Waals surface area contributed by atoms with Gasteiger partial charge in [-0.05, 0) is 43.9 Å². The van der Waals surface area contributed by atoms with Crippen molar-refractivity contribution in [3.63, 3.8) is 0 Å². The van der Waals surface area contributed by atoms with Crippen molar-refractivity contribution in [3.8, 4) is 12.1 Å². The number of hydrogen-bond acceptors (Lipinski definition) is 3. The molecule has 18 heavy (non-hydrogen) atoms. The van der Waals surface area contributed by atoms with Crippen LogP contribution in [0.15, 0.2) is 34.0 Å². The van der Waals surface area contributed by atoms with Gasteiger partial charge >= 0.3 is 0 Å². The van der Waals surface area contributed by atoms with Crippen molar-refractivity contribution in [2.45, 2.75) is 26.7 Å². The third-order valence-corrected chi connectivity index (χ3v) is 3.42. The van der Waals surface area contributed by atoms with Gasteiger partial charge in [0.05, 0.1) is 0 Å². The molecule has 3 nitrogen and oxygen atoms in total. The lowest BCUT2D eigenvalue weighted by Crippen LogP contribution is -2.16. The van der Waals surface area contributed by atoms with Gasteiger partial charge in [0.2, 0.25) is 0 Å². The fourth-order valence-corrected chi connectivity index (χ4v) is 2.13. The van der Waals surface area contributed by atoms with Crippen molar-refractivity contribution >= 4 is 11.6 Å². The summed E-state index contributed by atoms with van der Waals surface area (Å²) in [6.07, 6.45) is 5.32. The number of halogens is 1. The van der Waals surface area contributed by atoms with Crippen LogP contribution >= 0.6 is 11.6 Å². The fourth-order valence-electron chi connectivity index (χ4n) is 1.84. The van der Waals surface area contributed by atoms with E-state index < -0.39 is 0 Å². The molecule has 0 heterocycles. The Kier molecular flexibility index (Phi) is 5.49. The summed E-state index contributed by atoms with van der Waals surface area (Å²) in [5, 5.41) is 18.1. The Labute approximate surface area is 113 Å². The van der Waals surface area contributed by atoms with E-state index >= 15 is 0 Å². The molecule has 4 heteroatoms. The Bertz CT molecular complexity index is 466. The van der Waals surface area contributed by atoms with E-state index in [4.69, 9.17) is 22.1 Å². The lowest BCUT2D eigenvalue weighted by molar-refractivity contribution is 0.415. The van der Waals surface area contributed by atoms with Crippen LogP contribution in [0.5, 0.6) is 0 Å². The van der Waals surface area contributed by atoms with Crippen LogP contribution in [0.25, 0.3) is 0 Å². The molecular weight excluding hydrogens is 246 g/mol. The summed E-state index contributed by atoms with van der Waals surface area (Å²) in [4.78, 5) is 2.18. The minimum atomic E-state index is 0.104. The summed E-state index contributed by atoms with van der Waals surface area (Å²) in [5.41, 5.74) is 2.07. The van der Waals surface area contributed by atoms with E-state index in [0.29, 0.717) is 5.03 Å². The summed E-state index contributed by atoms with van der Waals surface area (Å²) < 4.78 is 0. The van der Waals surface area contributed by atoms with Gasteiger partial charge < -0.3 is 4.90 Å². The molecule has 0 unspecified atom stereocenters. The Morgan fingerprint density at radius 3 is 2.39 bits per heavy atom. The summed E-state index contributed by atoms with van der Waals surface area (Å²) in [6, 6.07) is 3.71. The minimum Gasteiger partial charge on any atom is -0.378 e. The molecule has 0 bridgehead atoms. The number of hydrogen-bond donors (Lipinski definition) is 0. The van der Waals surface area contributed by atoms with E-state index in [1.165, 1.54) is 0 Å². The van der Waals surface area contributed by atoms with Crippen molar-refractivity contribution in [3.05, 3.63) is 34.0 Å². The van der Waals surface area contributed by atoms with E-state index in [1.54, 1.807) is 6.08 Å². The minimum absolute atomic E-state index is 0.104. The molecule has 94 valence electrons. The van der Waals surface area contributed by atoms with Crippen molar-refractivity contribution in [1.29, 1.82) is 10.5 Å². The molecule has 0 amide bonds. The van der Waals surface area contributed by atoms with Crippen LogP contribution in [0.2, 0.25) is 0 Å². The van der Waals surface area contributed by atoms with Crippen molar-refractivity contribution < 1.29 is 0 Å². The second-order valence-electron chi connectivity index (χ2n) is 4.00. The van der Waals surface area contributed by atoms with Crippen LogP contribution < -0.4 is 0 Å². The van der Waals surface area contributed by atoms with Crippen molar-refractivity contribution in [2.24, 2.45) is 0 Å². The van der Waals surface area contributed by atoms with Gasteiger partial charge in [-0.25, -0.2) is 0 Å². The molecule has 0 aliphatic heterocycles. The first-order valence-electron chi connectivity index (χ1n) is 6.01. The summed E-state index contributed by atoms with van der Waals surface area (Å²) in [5.74, 6) is 0. The molecule has 0 aromatic heterocycles. The Hall–Kier alpha value is -1.71. The molecule has 1 rings (SSSR count). The first kappa shape index (κ1) is 14.4. The van der Waals surface area contributed by atoms with Gasteiger partial charge in [-0.15, -0.1) is 0 Å². The molecule has 0 aromatic rings. The smallest absolute Gasteiger partial charge is 0.130 e. The van der Waals surface area contributed by atoms with E-state index in [2.05, 4.69) is 24.9 Å². The van der Waals surface area contributed by atoms with E-state index in [0.717, 1.165) is 37.1 Å². The Morgan fingerprint density at radius 2 is 1.89 bits per heavy atom. The van der Waals surface area contributed by atoms with Crippen LogP contribution in [-0.2, 0) is 0 Å². The van der Waals surface area contributed by atoms with Crippen LogP contribution in [0, 0.1) is 22.7 Å². The van der Waals surface area contributed by atoms with Crippen LogP contribution in [-0.4, -0.2) is 18.0 Å². The van der Waals surface area contributed by atoms with Gasteiger partial charge in [-0.3, -0.25) is 0 Å². The second kappa shape index (κ2) is 6.89. The standard InChI is InChI=1S/C14H16ClN3/c1-3-18(4-2)10-13-6-5-12(14(13)15)7-11(8-16)9-17/h7,10H,3-6H2,1-2H3/b13-10+. The monoisotopic (exact) mass is 261 g/mol. The zero-order chi connectivity index (χ0) is 13.5. The van der Waals surface area contributed by atoms with Gasteiger partial charge in [0.15, 0.2) is 0 Å². The Morgan fingerprint density at radius 1 is 1.28 bits per heavy atom. The normalized spacial score (nSPS) is 16.4. The molecule has 0 atom stereocenters. The van der Waals surface area contributed by atoms with Gasteiger partial charge in [0.1, 0.15) is 17.7 Å². The van der Waals surface area contributed by atoms with Crippen LogP contribution in [0.3, 0.4) is 0 Å². The molecule has 0 saturated carbocycles. The molecule has 1 aliphatic carbocycles. The summed E-state index contributed by atoms with van der Waals surface area (Å²) in [6.45, 7) is 6.07. The van der Waals surface area contributed by atoms with E-state index in [1.807, 2.05) is 12.1 Å². The average Bonchev–Trinajstić information content (AvgIpc) is 2.74. The third kappa shape index (κ3) is 3.39. The highest BCUT2D eigenvalue weighted by atomic mass is 35.5. The van der Waals surface area contributed by atoms with E-state index in [-0.39, 0.29) is 5.57 Å². The molecule has 0 saturated heterocycles. The maximum Gasteiger partial charge on any atom is 0.130 e. The average molecular weight is 262 g/mol. The largest absolute Gasteiger partial charge is 0.378 e. The highest BCUT2D eigenvalue weighted by Crippen LogP contribution is 2.35. The maximum atomic E-state index is 8.73. The molecular formula is C14H16ClN3. The van der Waals surface area contributed by atoms with Gasteiger partial charge in [0, 0.05) is 24.3 Å². The number of nitriles is 2. The first-order chi connectivity index (χ1) is 8.65. The van der Waals surface area contributed by atoms with Crippen molar-refractivity contribution in [1.82, 2.24) is 4.90 Å². The lowest BCUT2D eigenvalue weighted by atomic mass is 10.1. The van der Waals surface area contributed by atoms with Gasteiger partial charge in [-0.1, -0.05) is 11.6 Å². The fraction of sp³-hybridized carbons (Fsp3) is 0.429. The molecule has 0 aromatic carbocycles. The predicted octanol–water partition coefficient (Wildman–Crippen LogP) is 3.47. The molecule has 0 N–H and O–H groups in total. The molecule has 0 radical (unpaired) electrons. The third-order valence-electron chi connectivity index (χ3n) is 2.94. The molecule has 0 fully saturated rings. The van der Waals surface area contributed by atoms with E-state index in [9.17, 15) is 0 Å². The Balaban J connectivity index is 2.99. The second-order valence-corrected chi connectivity index (χ2v) is 4.37. The number of nitrogens with zero attached hydrogens (tertiary/aromatic N) is 3. The molecule has 0 spiro atoms. The number of rotatable bonds is 4. The van der Waals surface area contributed by atoms with Gasteiger partial charge in [-0.2, -0.15) is 10.5 Å². The maximum absolute atomic E-state index is 8.73. The topological polar surface area (TPSA) is 50.8 Å². The van der Waals surface area contributed by atoms with Crippen LogP contribution in [0.4, 0.5) is 0 Å². The quantitative estimate of drug-likeness (QED) is 0.728. The summed E-state index contributed by atoms with van der Waals surface area (Å²) >= 11 is 6.28. The lowest BCUT2D eigenvalue weighted by Gasteiger charge is -2.16. The predicted molar refractivity (Wildman–Crippen MR) is 72.4 cm³/mol. The molecule has 1 aliphatic rings. The highest BCUT2D eigenvalue weighted by molar-refractivity contribution is 6.32. The SMILES string of the molecule is CCN(/C=C1\CCC(C=C(C#N)C#N)=C1Cl)CC. The zero-order valence-electron chi connectivity index (χ0n) is 10.7. The van der Waals surface area contributed by atoms with Crippen LogP contribution in [0.1, 0.15) is 26.7 Å². The van der Waals surface area contributed by atoms with Gasteiger partial charge in [0.25, 0.3) is 0 Å².